The van der Waals surface area contributed by atoms with Gasteiger partial charge in [0, 0.05) is 6.08 Å². The largest absolute Gasteiger partial charge is 0.455 e. The fourth-order valence-electron chi connectivity index (χ4n) is 2.43. The SMILES string of the molecule is O=C(/C=C/c1ccccc1)NNC(=O)c1ccc(CS(=O)(=O)c2ccccc2)o1. The second-order valence-electron chi connectivity index (χ2n) is 6.03. The Hall–Kier alpha value is -3.65. The minimum atomic E-state index is -3.59. The van der Waals surface area contributed by atoms with Crippen LogP contribution in [0.1, 0.15) is 21.9 Å². The van der Waals surface area contributed by atoms with E-state index in [1.165, 1.54) is 30.3 Å². The van der Waals surface area contributed by atoms with Crippen molar-refractivity contribution in [2.24, 2.45) is 0 Å². The molecule has 0 radical (unpaired) electrons. The van der Waals surface area contributed by atoms with Gasteiger partial charge in [-0.25, -0.2) is 8.42 Å². The molecule has 0 atom stereocenters. The molecule has 0 saturated heterocycles. The van der Waals surface area contributed by atoms with E-state index < -0.39 is 21.7 Å². The molecular formula is C21H18N2O5S. The lowest BCUT2D eigenvalue weighted by Gasteiger charge is -2.04. The highest BCUT2D eigenvalue weighted by molar-refractivity contribution is 7.90. The van der Waals surface area contributed by atoms with Crippen LogP contribution in [0.15, 0.2) is 88.2 Å². The predicted molar refractivity (Wildman–Crippen MR) is 107 cm³/mol. The number of amides is 2. The van der Waals surface area contributed by atoms with Crippen LogP contribution in [0, 0.1) is 0 Å². The lowest BCUT2D eigenvalue weighted by molar-refractivity contribution is -0.117. The standard InChI is InChI=1S/C21H18N2O5S/c24-20(14-11-16-7-3-1-4-8-16)22-23-21(25)19-13-12-17(28-19)15-29(26,27)18-9-5-2-6-10-18/h1-14H,15H2,(H,22,24)(H,23,25)/b14-11+. The number of benzene rings is 2. The summed E-state index contributed by atoms with van der Waals surface area (Å²) < 4.78 is 30.0. The molecule has 0 aliphatic carbocycles. The lowest BCUT2D eigenvalue weighted by Crippen LogP contribution is -2.40. The number of hydrazine groups is 1. The number of carbonyl (C=O) groups excluding carboxylic acids is 2. The van der Waals surface area contributed by atoms with Crippen molar-refractivity contribution < 1.29 is 22.4 Å². The summed E-state index contributed by atoms with van der Waals surface area (Å²) in [7, 11) is -3.59. The second-order valence-corrected chi connectivity index (χ2v) is 8.02. The van der Waals surface area contributed by atoms with Crippen LogP contribution in [-0.2, 0) is 20.4 Å². The van der Waals surface area contributed by atoms with E-state index >= 15 is 0 Å². The van der Waals surface area contributed by atoms with Crippen LogP contribution >= 0.6 is 0 Å². The molecule has 3 rings (SSSR count). The molecule has 0 aliphatic heterocycles. The summed E-state index contributed by atoms with van der Waals surface area (Å²) in [4.78, 5) is 24.0. The van der Waals surface area contributed by atoms with Gasteiger partial charge in [0.2, 0.25) is 0 Å². The summed E-state index contributed by atoms with van der Waals surface area (Å²) in [5.74, 6) is -1.60. The maximum Gasteiger partial charge on any atom is 0.305 e. The predicted octanol–water partition coefficient (Wildman–Crippen LogP) is 2.73. The molecule has 0 unspecified atom stereocenters. The van der Waals surface area contributed by atoms with Crippen molar-refractivity contribution in [1.29, 1.82) is 0 Å². The van der Waals surface area contributed by atoms with Crippen LogP contribution < -0.4 is 10.9 Å². The maximum atomic E-state index is 12.4. The summed E-state index contributed by atoms with van der Waals surface area (Å²) in [6, 6.07) is 19.9. The average molecular weight is 410 g/mol. The summed E-state index contributed by atoms with van der Waals surface area (Å²) in [6.45, 7) is 0. The van der Waals surface area contributed by atoms with E-state index in [1.807, 2.05) is 30.3 Å². The van der Waals surface area contributed by atoms with Crippen molar-refractivity contribution in [1.82, 2.24) is 10.9 Å². The van der Waals surface area contributed by atoms with Gasteiger partial charge in [-0.05, 0) is 35.9 Å². The van der Waals surface area contributed by atoms with Crippen molar-refractivity contribution in [3.05, 3.63) is 96.0 Å². The molecular weight excluding hydrogens is 392 g/mol. The number of nitrogens with one attached hydrogen (secondary N) is 2. The third kappa shape index (κ3) is 5.66. The van der Waals surface area contributed by atoms with E-state index in [9.17, 15) is 18.0 Å². The molecule has 0 spiro atoms. The van der Waals surface area contributed by atoms with E-state index in [2.05, 4.69) is 10.9 Å². The van der Waals surface area contributed by atoms with Gasteiger partial charge in [-0.3, -0.25) is 20.4 Å². The molecule has 2 amide bonds. The van der Waals surface area contributed by atoms with Crippen LogP contribution in [0.25, 0.3) is 6.08 Å². The van der Waals surface area contributed by atoms with Crippen molar-refractivity contribution in [2.75, 3.05) is 0 Å². The number of carbonyl (C=O) groups is 2. The zero-order valence-corrected chi connectivity index (χ0v) is 16.1. The van der Waals surface area contributed by atoms with Gasteiger partial charge in [-0.15, -0.1) is 0 Å². The molecule has 29 heavy (non-hydrogen) atoms. The molecule has 2 aromatic carbocycles. The molecule has 0 bridgehead atoms. The van der Waals surface area contributed by atoms with Gasteiger partial charge in [0.25, 0.3) is 5.91 Å². The first-order valence-electron chi connectivity index (χ1n) is 8.64. The normalized spacial score (nSPS) is 11.3. The third-order valence-electron chi connectivity index (χ3n) is 3.85. The molecule has 0 aliphatic rings. The number of sulfone groups is 1. The van der Waals surface area contributed by atoms with Gasteiger partial charge < -0.3 is 4.42 Å². The Morgan fingerprint density at radius 1 is 0.862 bits per heavy atom. The zero-order chi connectivity index (χ0) is 20.7. The Morgan fingerprint density at radius 3 is 2.21 bits per heavy atom. The fraction of sp³-hybridized carbons (Fsp3) is 0.0476. The Kier molecular flexibility index (Phi) is 6.25. The first kappa shape index (κ1) is 20.1. The van der Waals surface area contributed by atoms with Gasteiger partial charge in [0.15, 0.2) is 15.6 Å². The Bertz CT molecular complexity index is 1120. The van der Waals surface area contributed by atoms with E-state index in [0.717, 1.165) is 5.56 Å². The first-order chi connectivity index (χ1) is 13.9. The molecule has 148 valence electrons. The van der Waals surface area contributed by atoms with Gasteiger partial charge in [0.05, 0.1) is 4.90 Å². The second kappa shape index (κ2) is 9.03. The van der Waals surface area contributed by atoms with Crippen LogP contribution in [0.5, 0.6) is 0 Å². The number of hydrogen-bond donors (Lipinski definition) is 2. The summed E-state index contributed by atoms with van der Waals surface area (Å²) in [5, 5.41) is 0. The molecule has 0 saturated carbocycles. The van der Waals surface area contributed by atoms with Gasteiger partial charge in [-0.2, -0.15) is 0 Å². The van der Waals surface area contributed by atoms with Crippen molar-refractivity contribution in [2.45, 2.75) is 10.6 Å². The van der Waals surface area contributed by atoms with Gasteiger partial charge in [-0.1, -0.05) is 48.5 Å². The number of hydrogen-bond acceptors (Lipinski definition) is 5. The van der Waals surface area contributed by atoms with Crippen molar-refractivity contribution >= 4 is 27.7 Å². The molecule has 1 heterocycles. The molecule has 8 heteroatoms. The number of rotatable bonds is 6. The van der Waals surface area contributed by atoms with Crippen LogP contribution in [0.2, 0.25) is 0 Å². The minimum Gasteiger partial charge on any atom is -0.455 e. The van der Waals surface area contributed by atoms with E-state index in [0.29, 0.717) is 0 Å². The third-order valence-corrected chi connectivity index (χ3v) is 5.50. The topological polar surface area (TPSA) is 105 Å². The first-order valence-corrected chi connectivity index (χ1v) is 10.3. The van der Waals surface area contributed by atoms with Gasteiger partial charge in [0.1, 0.15) is 11.5 Å². The summed E-state index contributed by atoms with van der Waals surface area (Å²) in [5.41, 5.74) is 5.28. The van der Waals surface area contributed by atoms with E-state index in [-0.39, 0.29) is 22.2 Å². The lowest BCUT2D eigenvalue weighted by atomic mass is 10.2. The molecule has 7 nitrogen and oxygen atoms in total. The van der Waals surface area contributed by atoms with E-state index in [4.69, 9.17) is 4.42 Å². The monoisotopic (exact) mass is 410 g/mol. The Balaban J connectivity index is 1.55. The average Bonchev–Trinajstić information content (AvgIpc) is 3.20. The summed E-state index contributed by atoms with van der Waals surface area (Å²) in [6.07, 6.45) is 2.87. The highest BCUT2D eigenvalue weighted by Crippen LogP contribution is 2.18. The molecule has 0 fully saturated rings. The van der Waals surface area contributed by atoms with Crippen molar-refractivity contribution in [3.8, 4) is 0 Å². The maximum absolute atomic E-state index is 12.4. The Labute approximate surface area is 167 Å². The quantitative estimate of drug-likeness (QED) is 0.480. The van der Waals surface area contributed by atoms with Gasteiger partial charge >= 0.3 is 5.91 Å². The summed E-state index contributed by atoms with van der Waals surface area (Å²) >= 11 is 0. The van der Waals surface area contributed by atoms with E-state index in [1.54, 1.807) is 24.3 Å². The van der Waals surface area contributed by atoms with Crippen LogP contribution in [-0.4, -0.2) is 20.2 Å². The highest BCUT2D eigenvalue weighted by Gasteiger charge is 2.19. The molecule has 2 N–H and O–H groups in total. The van der Waals surface area contributed by atoms with Crippen molar-refractivity contribution in [3.63, 3.8) is 0 Å². The molecule has 3 aromatic rings. The van der Waals surface area contributed by atoms with Crippen LogP contribution in [0.3, 0.4) is 0 Å². The smallest absolute Gasteiger partial charge is 0.305 e. The van der Waals surface area contributed by atoms with Crippen LogP contribution in [0.4, 0.5) is 0 Å². The molecule has 1 aromatic heterocycles. The highest BCUT2D eigenvalue weighted by atomic mass is 32.2. The Morgan fingerprint density at radius 2 is 1.52 bits per heavy atom. The zero-order valence-electron chi connectivity index (χ0n) is 15.2. The fourth-order valence-corrected chi connectivity index (χ4v) is 3.70. The minimum absolute atomic E-state index is 0.115. The number of furan rings is 1.